The highest BCUT2D eigenvalue weighted by Gasteiger charge is 2.31. The molecule has 1 heterocycles. The summed E-state index contributed by atoms with van der Waals surface area (Å²) in [6.45, 7) is 8.24. The zero-order valence-corrected chi connectivity index (χ0v) is 14.8. The second-order valence-electron chi connectivity index (χ2n) is 7.28. The van der Waals surface area contributed by atoms with E-state index in [2.05, 4.69) is 5.32 Å². The summed E-state index contributed by atoms with van der Waals surface area (Å²) in [5, 5.41) is 12.7. The number of anilines is 1. The summed E-state index contributed by atoms with van der Waals surface area (Å²) in [6, 6.07) is 5.10. The van der Waals surface area contributed by atoms with Gasteiger partial charge in [-0.1, -0.05) is 6.07 Å². The molecule has 6 heteroatoms. The molecule has 24 heavy (non-hydrogen) atoms. The van der Waals surface area contributed by atoms with Crippen LogP contribution in [0.4, 0.5) is 10.5 Å². The van der Waals surface area contributed by atoms with E-state index in [4.69, 9.17) is 4.74 Å². The Kier molecular flexibility index (Phi) is 5.36. The predicted molar refractivity (Wildman–Crippen MR) is 92.0 cm³/mol. The Morgan fingerprint density at radius 3 is 2.67 bits per heavy atom. The van der Waals surface area contributed by atoms with Crippen LogP contribution < -0.4 is 5.32 Å². The molecule has 2 N–H and O–H groups in total. The number of hydrogen-bond acceptors (Lipinski definition) is 4. The number of rotatable bonds is 2. The smallest absolute Gasteiger partial charge is 0.410 e. The monoisotopic (exact) mass is 334 g/mol. The van der Waals surface area contributed by atoms with Gasteiger partial charge in [-0.25, -0.2) is 4.79 Å². The van der Waals surface area contributed by atoms with Crippen molar-refractivity contribution in [2.75, 3.05) is 18.4 Å². The molecule has 1 fully saturated rings. The molecule has 1 aromatic carbocycles. The number of nitrogens with one attached hydrogen (secondary N) is 1. The molecule has 6 nitrogen and oxygen atoms in total. The van der Waals surface area contributed by atoms with E-state index in [0.717, 1.165) is 12.0 Å². The van der Waals surface area contributed by atoms with Crippen molar-refractivity contribution in [1.82, 2.24) is 4.90 Å². The van der Waals surface area contributed by atoms with Crippen molar-refractivity contribution in [2.45, 2.75) is 46.1 Å². The van der Waals surface area contributed by atoms with Crippen LogP contribution in [0.2, 0.25) is 0 Å². The molecule has 0 aromatic heterocycles. The Bertz CT molecular complexity index is 622. The van der Waals surface area contributed by atoms with Crippen molar-refractivity contribution < 1.29 is 19.4 Å². The number of aryl methyl sites for hydroxylation is 1. The molecule has 2 amide bonds. The number of nitrogens with zero attached hydrogens (tertiary/aromatic N) is 1. The molecule has 1 aromatic rings. The van der Waals surface area contributed by atoms with Crippen molar-refractivity contribution in [2.24, 2.45) is 5.92 Å². The molecule has 0 bridgehead atoms. The molecule has 0 spiro atoms. The van der Waals surface area contributed by atoms with Gasteiger partial charge in [0.05, 0.1) is 11.6 Å². The lowest BCUT2D eigenvalue weighted by molar-refractivity contribution is -0.121. The standard InChI is InChI=1S/C18H26N2O4/c1-12-7-8-14(15(21)10-12)19-16(22)13-6-5-9-20(11-13)17(23)24-18(2,3)4/h7-8,10,13,21H,5-6,9,11H2,1-4H3,(H,19,22)/t13-/m0/s1. The van der Waals surface area contributed by atoms with Crippen molar-refractivity contribution in [1.29, 1.82) is 0 Å². The number of piperidine rings is 1. The van der Waals surface area contributed by atoms with Crippen molar-refractivity contribution in [3.63, 3.8) is 0 Å². The molecule has 1 aliphatic heterocycles. The fourth-order valence-corrected chi connectivity index (χ4v) is 2.67. The number of phenolic OH excluding ortho intramolecular Hbond substituents is 1. The summed E-state index contributed by atoms with van der Waals surface area (Å²) in [7, 11) is 0. The zero-order valence-electron chi connectivity index (χ0n) is 14.8. The molecule has 1 atom stereocenters. The maximum absolute atomic E-state index is 12.5. The van der Waals surface area contributed by atoms with E-state index in [9.17, 15) is 14.7 Å². The van der Waals surface area contributed by atoms with E-state index in [1.165, 1.54) is 0 Å². The van der Waals surface area contributed by atoms with Crippen LogP contribution in [0.25, 0.3) is 0 Å². The molecule has 0 radical (unpaired) electrons. The number of benzene rings is 1. The molecule has 2 rings (SSSR count). The molecular weight excluding hydrogens is 308 g/mol. The molecule has 0 unspecified atom stereocenters. The Labute approximate surface area is 142 Å². The highest BCUT2D eigenvalue weighted by Crippen LogP contribution is 2.26. The highest BCUT2D eigenvalue weighted by atomic mass is 16.6. The van der Waals surface area contributed by atoms with Gasteiger partial charge in [-0.15, -0.1) is 0 Å². The molecule has 1 saturated heterocycles. The molecule has 1 aliphatic rings. The normalized spacial score (nSPS) is 18.2. The Morgan fingerprint density at radius 2 is 2.04 bits per heavy atom. The van der Waals surface area contributed by atoms with E-state index in [0.29, 0.717) is 25.2 Å². The lowest BCUT2D eigenvalue weighted by Crippen LogP contribution is -2.45. The summed E-state index contributed by atoms with van der Waals surface area (Å²) >= 11 is 0. The van der Waals surface area contributed by atoms with Gasteiger partial charge in [0.1, 0.15) is 11.4 Å². The van der Waals surface area contributed by atoms with Gasteiger partial charge in [-0.3, -0.25) is 4.79 Å². The van der Waals surface area contributed by atoms with Gasteiger partial charge in [0.15, 0.2) is 0 Å². The SMILES string of the molecule is Cc1ccc(NC(=O)[C@H]2CCCN(C(=O)OC(C)(C)C)C2)c(O)c1. The lowest BCUT2D eigenvalue weighted by atomic mass is 9.97. The zero-order chi connectivity index (χ0) is 17.9. The molecule has 0 saturated carbocycles. The molecule has 0 aliphatic carbocycles. The first-order valence-electron chi connectivity index (χ1n) is 8.24. The number of amides is 2. The lowest BCUT2D eigenvalue weighted by Gasteiger charge is -2.33. The summed E-state index contributed by atoms with van der Waals surface area (Å²) in [4.78, 5) is 26.2. The number of carbonyl (C=O) groups excluding carboxylic acids is 2. The van der Waals surface area contributed by atoms with Crippen molar-refractivity contribution >= 4 is 17.7 Å². The number of ether oxygens (including phenoxy) is 1. The average molecular weight is 334 g/mol. The highest BCUT2D eigenvalue weighted by molar-refractivity contribution is 5.94. The Morgan fingerprint density at radius 1 is 1.33 bits per heavy atom. The van der Waals surface area contributed by atoms with Crippen LogP contribution in [0.15, 0.2) is 18.2 Å². The number of phenols is 1. The van der Waals surface area contributed by atoms with E-state index >= 15 is 0 Å². The minimum atomic E-state index is -0.556. The number of hydrogen-bond donors (Lipinski definition) is 2. The first-order chi connectivity index (χ1) is 11.2. The third kappa shape index (κ3) is 4.88. The second-order valence-corrected chi connectivity index (χ2v) is 7.28. The fraction of sp³-hybridized carbons (Fsp3) is 0.556. The largest absolute Gasteiger partial charge is 0.506 e. The number of carbonyl (C=O) groups is 2. The van der Waals surface area contributed by atoms with E-state index in [1.807, 2.05) is 33.8 Å². The van der Waals surface area contributed by atoms with Crippen molar-refractivity contribution in [3.8, 4) is 5.75 Å². The van der Waals surface area contributed by atoms with Crippen LogP contribution in [-0.4, -0.2) is 40.7 Å². The number of likely N-dealkylation sites (tertiary alicyclic amines) is 1. The van der Waals surface area contributed by atoms with E-state index in [-0.39, 0.29) is 17.6 Å². The van der Waals surface area contributed by atoms with E-state index < -0.39 is 11.7 Å². The second kappa shape index (κ2) is 7.11. The molecule has 132 valence electrons. The van der Waals surface area contributed by atoms with Gasteiger partial charge >= 0.3 is 6.09 Å². The third-order valence-corrected chi connectivity index (χ3v) is 3.85. The van der Waals surface area contributed by atoms with Gasteiger partial charge in [-0.2, -0.15) is 0 Å². The minimum Gasteiger partial charge on any atom is -0.506 e. The van der Waals surface area contributed by atoms with Crippen LogP contribution >= 0.6 is 0 Å². The Balaban J connectivity index is 1.98. The van der Waals surface area contributed by atoms with Gasteiger partial charge in [0.2, 0.25) is 5.91 Å². The van der Waals surface area contributed by atoms with Crippen LogP contribution in [0.1, 0.15) is 39.2 Å². The van der Waals surface area contributed by atoms with Gasteiger partial charge in [-0.05, 0) is 58.2 Å². The van der Waals surface area contributed by atoms with Crippen LogP contribution in [0.3, 0.4) is 0 Å². The maximum atomic E-state index is 12.5. The average Bonchev–Trinajstić information content (AvgIpc) is 2.48. The minimum absolute atomic E-state index is 0.0446. The maximum Gasteiger partial charge on any atom is 0.410 e. The van der Waals surface area contributed by atoms with Crippen LogP contribution in [0.5, 0.6) is 5.75 Å². The van der Waals surface area contributed by atoms with Gasteiger partial charge in [0, 0.05) is 13.1 Å². The van der Waals surface area contributed by atoms with Gasteiger partial charge < -0.3 is 20.1 Å². The Hall–Kier alpha value is -2.24. The van der Waals surface area contributed by atoms with Crippen LogP contribution in [-0.2, 0) is 9.53 Å². The summed E-state index contributed by atoms with van der Waals surface area (Å²) in [5.74, 6) is -0.461. The quantitative estimate of drug-likeness (QED) is 0.814. The van der Waals surface area contributed by atoms with Crippen molar-refractivity contribution in [3.05, 3.63) is 23.8 Å². The fourth-order valence-electron chi connectivity index (χ4n) is 2.67. The van der Waals surface area contributed by atoms with E-state index in [1.54, 1.807) is 17.0 Å². The molecular formula is C18H26N2O4. The number of aromatic hydroxyl groups is 1. The predicted octanol–water partition coefficient (Wildman–Crippen LogP) is 3.29. The first kappa shape index (κ1) is 18.1. The van der Waals surface area contributed by atoms with Gasteiger partial charge in [0.25, 0.3) is 0 Å². The first-order valence-corrected chi connectivity index (χ1v) is 8.24. The third-order valence-electron chi connectivity index (χ3n) is 3.85. The summed E-state index contributed by atoms with van der Waals surface area (Å²) < 4.78 is 5.37. The summed E-state index contributed by atoms with van der Waals surface area (Å²) in [5.41, 5.74) is 0.749. The summed E-state index contributed by atoms with van der Waals surface area (Å²) in [6.07, 6.45) is 1.06. The topological polar surface area (TPSA) is 78.9 Å². The van der Waals surface area contributed by atoms with Crippen LogP contribution in [0, 0.1) is 12.8 Å².